The molecule has 2 aromatic rings. The monoisotopic (exact) mass is 256 g/mol. The van der Waals surface area contributed by atoms with E-state index in [4.69, 9.17) is 0 Å². The minimum absolute atomic E-state index is 0.241. The molecule has 0 N–H and O–H groups in total. The van der Waals surface area contributed by atoms with E-state index in [1.807, 2.05) is 50.7 Å². The van der Waals surface area contributed by atoms with Gasteiger partial charge in [0.2, 0.25) is 0 Å². The Morgan fingerprint density at radius 3 is 2.53 bits per heavy atom. The Morgan fingerprint density at radius 2 is 1.95 bits per heavy atom. The molecular formula is C16H20N2O. The smallest absolute Gasteiger partial charge is 0.141 e. The van der Waals surface area contributed by atoms with E-state index in [1.54, 1.807) is 0 Å². The van der Waals surface area contributed by atoms with Gasteiger partial charge in [-0.2, -0.15) is 5.10 Å². The van der Waals surface area contributed by atoms with Crippen molar-refractivity contribution < 1.29 is 4.79 Å². The van der Waals surface area contributed by atoms with Crippen LogP contribution in [0.1, 0.15) is 28.1 Å². The SMILES string of the molecule is Cc1cccc(CC(=O)Cc2c(C)nn(C)c2C)c1. The summed E-state index contributed by atoms with van der Waals surface area (Å²) < 4.78 is 1.84. The second kappa shape index (κ2) is 5.39. The van der Waals surface area contributed by atoms with Crippen LogP contribution in [0.3, 0.4) is 0 Å². The molecule has 2 rings (SSSR count). The van der Waals surface area contributed by atoms with Gasteiger partial charge >= 0.3 is 0 Å². The van der Waals surface area contributed by atoms with Gasteiger partial charge in [0.25, 0.3) is 0 Å². The standard InChI is InChI=1S/C16H20N2O/c1-11-6-5-7-14(8-11)9-15(19)10-16-12(2)17-18(4)13(16)3/h5-8H,9-10H2,1-4H3. The Morgan fingerprint density at radius 1 is 1.21 bits per heavy atom. The van der Waals surface area contributed by atoms with Crippen molar-refractivity contribution in [3.8, 4) is 0 Å². The lowest BCUT2D eigenvalue weighted by molar-refractivity contribution is -0.117. The maximum atomic E-state index is 12.2. The van der Waals surface area contributed by atoms with Crippen molar-refractivity contribution in [3.05, 3.63) is 52.3 Å². The van der Waals surface area contributed by atoms with Gasteiger partial charge in [0.05, 0.1) is 5.69 Å². The summed E-state index contributed by atoms with van der Waals surface area (Å²) in [7, 11) is 1.91. The molecule has 1 heterocycles. The molecule has 3 nitrogen and oxygen atoms in total. The highest BCUT2D eigenvalue weighted by Crippen LogP contribution is 2.14. The van der Waals surface area contributed by atoms with Crippen LogP contribution >= 0.6 is 0 Å². The molecule has 19 heavy (non-hydrogen) atoms. The normalized spacial score (nSPS) is 10.7. The van der Waals surface area contributed by atoms with Crippen LogP contribution in [-0.2, 0) is 24.7 Å². The van der Waals surface area contributed by atoms with Gasteiger partial charge in [-0.05, 0) is 26.3 Å². The molecule has 1 aromatic heterocycles. The molecule has 0 bridgehead atoms. The Hall–Kier alpha value is -1.90. The largest absolute Gasteiger partial charge is 0.299 e. The van der Waals surface area contributed by atoms with Crippen molar-refractivity contribution >= 4 is 5.78 Å². The first kappa shape index (κ1) is 13.5. The third-order valence-electron chi connectivity index (χ3n) is 3.52. The molecule has 0 saturated heterocycles. The zero-order valence-electron chi connectivity index (χ0n) is 12.0. The van der Waals surface area contributed by atoms with Crippen LogP contribution in [0, 0.1) is 20.8 Å². The number of rotatable bonds is 4. The van der Waals surface area contributed by atoms with Crippen LogP contribution < -0.4 is 0 Å². The first-order valence-electron chi connectivity index (χ1n) is 6.53. The molecular weight excluding hydrogens is 236 g/mol. The zero-order chi connectivity index (χ0) is 14.0. The molecule has 0 unspecified atom stereocenters. The molecule has 0 saturated carbocycles. The van der Waals surface area contributed by atoms with Gasteiger partial charge in [0.1, 0.15) is 5.78 Å². The van der Waals surface area contributed by atoms with Crippen molar-refractivity contribution in [3.63, 3.8) is 0 Å². The maximum Gasteiger partial charge on any atom is 0.141 e. The fraction of sp³-hybridized carbons (Fsp3) is 0.375. The van der Waals surface area contributed by atoms with Gasteiger partial charge in [-0.15, -0.1) is 0 Å². The van der Waals surface area contributed by atoms with E-state index >= 15 is 0 Å². The van der Waals surface area contributed by atoms with Crippen molar-refractivity contribution in [1.82, 2.24) is 9.78 Å². The van der Waals surface area contributed by atoms with Crippen LogP contribution in [0.5, 0.6) is 0 Å². The third kappa shape index (κ3) is 3.11. The second-order valence-electron chi connectivity index (χ2n) is 5.15. The molecule has 0 aliphatic heterocycles. The Bertz CT molecular complexity index is 611. The first-order valence-corrected chi connectivity index (χ1v) is 6.53. The Kier molecular flexibility index (Phi) is 3.84. The average Bonchev–Trinajstić information content (AvgIpc) is 2.56. The van der Waals surface area contributed by atoms with Crippen LogP contribution in [-0.4, -0.2) is 15.6 Å². The highest BCUT2D eigenvalue weighted by atomic mass is 16.1. The van der Waals surface area contributed by atoms with Crippen molar-refractivity contribution in [1.29, 1.82) is 0 Å². The van der Waals surface area contributed by atoms with Crippen LogP contribution in [0.4, 0.5) is 0 Å². The number of Topliss-reactive ketones (excluding diaryl/α,β-unsaturated/α-hetero) is 1. The number of hydrogen-bond acceptors (Lipinski definition) is 2. The molecule has 3 heteroatoms. The predicted molar refractivity (Wildman–Crippen MR) is 76.3 cm³/mol. The Labute approximate surface area is 114 Å². The fourth-order valence-electron chi connectivity index (χ4n) is 2.38. The summed E-state index contributed by atoms with van der Waals surface area (Å²) in [5, 5.41) is 4.35. The minimum Gasteiger partial charge on any atom is -0.299 e. The van der Waals surface area contributed by atoms with Gasteiger partial charge in [0, 0.05) is 31.1 Å². The summed E-state index contributed by atoms with van der Waals surface area (Å²) in [6.45, 7) is 6.01. The van der Waals surface area contributed by atoms with E-state index in [9.17, 15) is 4.79 Å². The van der Waals surface area contributed by atoms with E-state index in [0.717, 1.165) is 22.5 Å². The number of aryl methyl sites for hydroxylation is 3. The lowest BCUT2D eigenvalue weighted by atomic mass is 10.0. The lowest BCUT2D eigenvalue weighted by Crippen LogP contribution is -2.08. The summed E-state index contributed by atoms with van der Waals surface area (Å²) >= 11 is 0. The van der Waals surface area contributed by atoms with Gasteiger partial charge in [0.15, 0.2) is 0 Å². The fourth-order valence-corrected chi connectivity index (χ4v) is 2.38. The molecule has 1 aromatic carbocycles. The number of aromatic nitrogens is 2. The third-order valence-corrected chi connectivity index (χ3v) is 3.52. The van der Waals surface area contributed by atoms with Gasteiger partial charge in [-0.1, -0.05) is 29.8 Å². The predicted octanol–water partition coefficient (Wildman–Crippen LogP) is 2.70. The second-order valence-corrected chi connectivity index (χ2v) is 5.15. The number of benzene rings is 1. The zero-order valence-corrected chi connectivity index (χ0v) is 12.0. The van der Waals surface area contributed by atoms with Gasteiger partial charge < -0.3 is 0 Å². The lowest BCUT2D eigenvalue weighted by Gasteiger charge is -2.03. The molecule has 0 aliphatic rings. The summed E-state index contributed by atoms with van der Waals surface area (Å²) in [5.41, 5.74) is 5.39. The molecule has 0 amide bonds. The summed E-state index contributed by atoms with van der Waals surface area (Å²) in [4.78, 5) is 12.2. The molecule has 100 valence electrons. The van der Waals surface area contributed by atoms with E-state index in [1.165, 1.54) is 5.56 Å². The number of carbonyl (C=O) groups is 1. The van der Waals surface area contributed by atoms with Gasteiger partial charge in [-0.25, -0.2) is 0 Å². The molecule has 0 aliphatic carbocycles. The summed E-state index contributed by atoms with van der Waals surface area (Å²) in [5.74, 6) is 0.241. The van der Waals surface area contributed by atoms with E-state index < -0.39 is 0 Å². The van der Waals surface area contributed by atoms with Crippen LogP contribution in [0.2, 0.25) is 0 Å². The highest BCUT2D eigenvalue weighted by molar-refractivity contribution is 5.83. The molecule has 0 fully saturated rings. The Balaban J connectivity index is 2.09. The van der Waals surface area contributed by atoms with Crippen molar-refractivity contribution in [2.24, 2.45) is 7.05 Å². The molecule has 0 radical (unpaired) electrons. The van der Waals surface area contributed by atoms with Crippen LogP contribution in [0.15, 0.2) is 24.3 Å². The number of ketones is 1. The van der Waals surface area contributed by atoms with Crippen molar-refractivity contribution in [2.45, 2.75) is 33.6 Å². The molecule has 0 spiro atoms. The first-order chi connectivity index (χ1) is 8.97. The van der Waals surface area contributed by atoms with E-state index in [0.29, 0.717) is 12.8 Å². The van der Waals surface area contributed by atoms with E-state index in [2.05, 4.69) is 11.2 Å². The summed E-state index contributed by atoms with van der Waals surface area (Å²) in [6, 6.07) is 8.12. The quantitative estimate of drug-likeness (QED) is 0.843. The number of carbonyl (C=O) groups excluding carboxylic acids is 1. The summed E-state index contributed by atoms with van der Waals surface area (Å²) in [6.07, 6.45) is 0.967. The van der Waals surface area contributed by atoms with Crippen LogP contribution in [0.25, 0.3) is 0 Å². The van der Waals surface area contributed by atoms with E-state index in [-0.39, 0.29) is 5.78 Å². The molecule has 0 atom stereocenters. The van der Waals surface area contributed by atoms with Crippen molar-refractivity contribution in [2.75, 3.05) is 0 Å². The number of nitrogens with zero attached hydrogens (tertiary/aromatic N) is 2. The minimum atomic E-state index is 0.241. The topological polar surface area (TPSA) is 34.9 Å². The number of hydrogen-bond donors (Lipinski definition) is 0. The highest BCUT2D eigenvalue weighted by Gasteiger charge is 2.13. The maximum absolute atomic E-state index is 12.2. The van der Waals surface area contributed by atoms with Gasteiger partial charge in [-0.3, -0.25) is 9.48 Å². The average molecular weight is 256 g/mol.